The minimum atomic E-state index is 0.700. The van der Waals surface area contributed by atoms with Crippen LogP contribution in [-0.2, 0) is 6.54 Å². The van der Waals surface area contributed by atoms with Crippen molar-refractivity contribution in [1.82, 2.24) is 10.3 Å². The van der Waals surface area contributed by atoms with Crippen LogP contribution in [-0.4, -0.2) is 24.6 Å². The van der Waals surface area contributed by atoms with Crippen LogP contribution in [0.2, 0.25) is 0 Å². The molecule has 0 unspecified atom stereocenters. The van der Waals surface area contributed by atoms with Gasteiger partial charge in [-0.2, -0.15) is 0 Å². The second-order valence-electron chi connectivity index (χ2n) is 5.98. The van der Waals surface area contributed by atoms with Crippen molar-refractivity contribution in [2.24, 2.45) is 11.8 Å². The van der Waals surface area contributed by atoms with Gasteiger partial charge >= 0.3 is 0 Å². The van der Waals surface area contributed by atoms with Crippen molar-refractivity contribution in [2.75, 3.05) is 24.5 Å². The molecule has 19 heavy (non-hydrogen) atoms. The fraction of sp³-hybridized carbons (Fsp3) is 0.800. The Morgan fingerprint density at radius 3 is 2.79 bits per heavy atom. The van der Waals surface area contributed by atoms with E-state index in [0.29, 0.717) is 5.92 Å². The van der Waals surface area contributed by atoms with Gasteiger partial charge in [0.1, 0.15) is 0 Å². The largest absolute Gasteiger partial charge is 0.348 e. The zero-order chi connectivity index (χ0) is 13.7. The number of hydrogen-bond donors (Lipinski definition) is 1. The Kier molecular flexibility index (Phi) is 5.64. The molecular formula is C15H27N3S. The standard InChI is InChI=1S/C15H27N3S/c1-4-13-5-7-18(8-6-13)15-17-14(11-19-15)10-16-9-12(2)3/h11-13,16H,4-10H2,1-3H3. The van der Waals surface area contributed by atoms with E-state index in [-0.39, 0.29) is 0 Å². The molecule has 0 amide bonds. The number of anilines is 1. The van der Waals surface area contributed by atoms with Crippen LogP contribution in [0.1, 0.15) is 45.7 Å². The minimum absolute atomic E-state index is 0.700. The van der Waals surface area contributed by atoms with E-state index in [2.05, 4.69) is 36.4 Å². The van der Waals surface area contributed by atoms with Crippen LogP contribution in [0, 0.1) is 11.8 Å². The summed E-state index contributed by atoms with van der Waals surface area (Å²) in [5, 5.41) is 6.88. The minimum Gasteiger partial charge on any atom is -0.348 e. The summed E-state index contributed by atoms with van der Waals surface area (Å²) in [6.07, 6.45) is 3.99. The van der Waals surface area contributed by atoms with Crippen LogP contribution in [0.15, 0.2) is 5.38 Å². The maximum atomic E-state index is 4.76. The predicted molar refractivity (Wildman–Crippen MR) is 83.9 cm³/mol. The first kappa shape index (κ1) is 14.8. The molecule has 1 saturated heterocycles. The summed E-state index contributed by atoms with van der Waals surface area (Å²) in [5.74, 6) is 1.63. The summed E-state index contributed by atoms with van der Waals surface area (Å²) in [6.45, 7) is 11.1. The lowest BCUT2D eigenvalue weighted by molar-refractivity contribution is 0.395. The number of nitrogens with one attached hydrogen (secondary N) is 1. The summed E-state index contributed by atoms with van der Waals surface area (Å²) in [5.41, 5.74) is 1.19. The normalized spacial score (nSPS) is 17.4. The lowest BCUT2D eigenvalue weighted by atomic mass is 9.95. The van der Waals surface area contributed by atoms with Crippen LogP contribution in [0.5, 0.6) is 0 Å². The highest BCUT2D eigenvalue weighted by molar-refractivity contribution is 7.13. The van der Waals surface area contributed by atoms with Gasteiger partial charge in [-0.1, -0.05) is 27.2 Å². The van der Waals surface area contributed by atoms with E-state index in [4.69, 9.17) is 4.98 Å². The monoisotopic (exact) mass is 281 g/mol. The highest BCUT2D eigenvalue weighted by atomic mass is 32.1. The molecule has 1 N–H and O–H groups in total. The van der Waals surface area contributed by atoms with Crippen molar-refractivity contribution in [3.05, 3.63) is 11.1 Å². The molecule has 1 aromatic rings. The maximum Gasteiger partial charge on any atom is 0.185 e. The second kappa shape index (κ2) is 7.25. The van der Waals surface area contributed by atoms with Crippen LogP contribution < -0.4 is 10.2 Å². The van der Waals surface area contributed by atoms with Gasteiger partial charge < -0.3 is 10.2 Å². The van der Waals surface area contributed by atoms with Gasteiger partial charge in [-0.3, -0.25) is 0 Å². The molecule has 1 aromatic heterocycles. The van der Waals surface area contributed by atoms with Crippen molar-refractivity contribution < 1.29 is 0 Å². The zero-order valence-electron chi connectivity index (χ0n) is 12.5. The van der Waals surface area contributed by atoms with Crippen LogP contribution in [0.25, 0.3) is 0 Å². The highest BCUT2D eigenvalue weighted by Gasteiger charge is 2.19. The number of nitrogens with zero attached hydrogens (tertiary/aromatic N) is 2. The topological polar surface area (TPSA) is 28.2 Å². The molecule has 0 saturated carbocycles. The molecule has 1 aliphatic heterocycles. The lowest BCUT2D eigenvalue weighted by Gasteiger charge is -2.31. The third-order valence-corrected chi connectivity index (χ3v) is 4.81. The smallest absolute Gasteiger partial charge is 0.185 e. The van der Waals surface area contributed by atoms with E-state index in [0.717, 1.165) is 19.0 Å². The van der Waals surface area contributed by atoms with Crippen molar-refractivity contribution in [1.29, 1.82) is 0 Å². The van der Waals surface area contributed by atoms with E-state index in [9.17, 15) is 0 Å². The molecule has 1 fully saturated rings. The van der Waals surface area contributed by atoms with Gasteiger partial charge in [0, 0.05) is 25.0 Å². The zero-order valence-corrected chi connectivity index (χ0v) is 13.3. The Morgan fingerprint density at radius 1 is 1.42 bits per heavy atom. The number of piperidine rings is 1. The fourth-order valence-electron chi connectivity index (χ4n) is 2.54. The van der Waals surface area contributed by atoms with Crippen molar-refractivity contribution in [3.8, 4) is 0 Å². The Morgan fingerprint density at radius 2 is 2.16 bits per heavy atom. The van der Waals surface area contributed by atoms with Gasteiger partial charge in [0.15, 0.2) is 5.13 Å². The first-order valence-corrected chi connectivity index (χ1v) is 8.47. The fourth-order valence-corrected chi connectivity index (χ4v) is 3.42. The van der Waals surface area contributed by atoms with Crippen LogP contribution in [0.3, 0.4) is 0 Å². The lowest BCUT2D eigenvalue weighted by Crippen LogP contribution is -2.33. The van der Waals surface area contributed by atoms with E-state index in [1.807, 2.05) is 0 Å². The average Bonchev–Trinajstić information content (AvgIpc) is 2.87. The molecule has 2 rings (SSSR count). The molecule has 3 nitrogen and oxygen atoms in total. The van der Waals surface area contributed by atoms with Crippen LogP contribution >= 0.6 is 11.3 Å². The van der Waals surface area contributed by atoms with Gasteiger partial charge in [-0.25, -0.2) is 4.98 Å². The summed E-state index contributed by atoms with van der Waals surface area (Å²) in [7, 11) is 0. The molecule has 2 heterocycles. The van der Waals surface area contributed by atoms with E-state index >= 15 is 0 Å². The van der Waals surface area contributed by atoms with E-state index < -0.39 is 0 Å². The Balaban J connectivity index is 1.80. The molecule has 0 radical (unpaired) electrons. The maximum absolute atomic E-state index is 4.76. The van der Waals surface area contributed by atoms with Gasteiger partial charge in [-0.05, 0) is 31.2 Å². The molecule has 108 valence electrons. The van der Waals surface area contributed by atoms with Crippen molar-refractivity contribution >= 4 is 16.5 Å². The van der Waals surface area contributed by atoms with Crippen molar-refractivity contribution in [3.63, 3.8) is 0 Å². The second-order valence-corrected chi connectivity index (χ2v) is 6.82. The van der Waals surface area contributed by atoms with Crippen LogP contribution in [0.4, 0.5) is 5.13 Å². The SMILES string of the molecule is CCC1CCN(c2nc(CNCC(C)C)cs2)CC1. The Labute approximate surface area is 121 Å². The van der Waals surface area contributed by atoms with Crippen molar-refractivity contribution in [2.45, 2.75) is 46.6 Å². The molecule has 4 heteroatoms. The molecule has 0 bridgehead atoms. The quantitative estimate of drug-likeness (QED) is 0.865. The first-order valence-electron chi connectivity index (χ1n) is 7.59. The third kappa shape index (κ3) is 4.46. The Hall–Kier alpha value is -0.610. The van der Waals surface area contributed by atoms with Gasteiger partial charge in [0.05, 0.1) is 5.69 Å². The summed E-state index contributed by atoms with van der Waals surface area (Å²) in [6, 6.07) is 0. The molecule has 1 aliphatic rings. The number of rotatable bonds is 6. The third-order valence-electron chi connectivity index (χ3n) is 3.86. The number of hydrogen-bond acceptors (Lipinski definition) is 4. The first-order chi connectivity index (χ1) is 9.19. The summed E-state index contributed by atoms with van der Waals surface area (Å²) in [4.78, 5) is 7.22. The molecule has 0 aliphatic carbocycles. The average molecular weight is 281 g/mol. The van der Waals surface area contributed by atoms with E-state index in [1.165, 1.54) is 43.2 Å². The molecular weight excluding hydrogens is 254 g/mol. The predicted octanol–water partition coefficient (Wildman–Crippen LogP) is 3.52. The summed E-state index contributed by atoms with van der Waals surface area (Å²) >= 11 is 1.80. The molecule has 0 aromatic carbocycles. The highest BCUT2D eigenvalue weighted by Crippen LogP contribution is 2.27. The van der Waals surface area contributed by atoms with Gasteiger partial charge in [0.2, 0.25) is 0 Å². The van der Waals surface area contributed by atoms with Gasteiger partial charge in [0.25, 0.3) is 0 Å². The molecule has 0 atom stereocenters. The number of thiazole rings is 1. The van der Waals surface area contributed by atoms with E-state index in [1.54, 1.807) is 11.3 Å². The number of aromatic nitrogens is 1. The Bertz CT molecular complexity index is 367. The summed E-state index contributed by atoms with van der Waals surface area (Å²) < 4.78 is 0. The molecule has 0 spiro atoms. The van der Waals surface area contributed by atoms with Gasteiger partial charge in [-0.15, -0.1) is 11.3 Å².